The van der Waals surface area contributed by atoms with Gasteiger partial charge in [-0.05, 0) is 29.7 Å². The van der Waals surface area contributed by atoms with Gasteiger partial charge in [-0.15, -0.1) is 0 Å². The van der Waals surface area contributed by atoms with E-state index in [1.165, 1.54) is 5.57 Å². The molecule has 1 aromatic rings. The number of rotatable bonds is 3. The Kier molecular flexibility index (Phi) is 3.31. The molecule has 5 heteroatoms. The molecule has 0 aromatic carbocycles. The molecule has 0 unspecified atom stereocenters. The largest absolute Gasteiger partial charge is 0.477 e. The van der Waals surface area contributed by atoms with Crippen molar-refractivity contribution in [1.29, 1.82) is 0 Å². The van der Waals surface area contributed by atoms with Crippen molar-refractivity contribution >= 4 is 11.5 Å². The molecule has 100 valence electrons. The van der Waals surface area contributed by atoms with Gasteiger partial charge in [0.1, 0.15) is 5.69 Å². The quantitative estimate of drug-likeness (QED) is 0.886. The van der Waals surface area contributed by atoms with Crippen LogP contribution >= 0.6 is 0 Å². The van der Waals surface area contributed by atoms with Gasteiger partial charge >= 0.3 is 5.97 Å². The summed E-state index contributed by atoms with van der Waals surface area (Å²) in [5, 5.41) is 8.96. The van der Waals surface area contributed by atoms with E-state index >= 15 is 0 Å². The molecule has 0 saturated carbocycles. The molecule has 2 aliphatic heterocycles. The lowest BCUT2D eigenvalue weighted by Gasteiger charge is -2.38. The Morgan fingerprint density at radius 3 is 2.89 bits per heavy atom. The fourth-order valence-corrected chi connectivity index (χ4v) is 2.46. The molecule has 5 nitrogen and oxygen atoms in total. The molecule has 2 aliphatic rings. The van der Waals surface area contributed by atoms with E-state index in [1.807, 2.05) is 6.07 Å². The maximum Gasteiger partial charge on any atom is 0.354 e. The molecule has 1 fully saturated rings. The zero-order valence-electron chi connectivity index (χ0n) is 10.6. The van der Waals surface area contributed by atoms with Crippen molar-refractivity contribution in [1.82, 2.24) is 9.88 Å². The molecule has 0 spiro atoms. The number of carboxylic acids is 1. The topological polar surface area (TPSA) is 62.7 Å². The Morgan fingerprint density at radius 2 is 2.32 bits per heavy atom. The van der Waals surface area contributed by atoms with Crippen LogP contribution in [0, 0.1) is 0 Å². The highest BCUT2D eigenvalue weighted by Gasteiger charge is 2.27. The number of hydrogen-bond donors (Lipinski definition) is 1. The molecule has 19 heavy (non-hydrogen) atoms. The summed E-state index contributed by atoms with van der Waals surface area (Å²) in [7, 11) is 0. The Bertz CT molecular complexity index is 523. The standard InChI is InChI=1S/C14H16N2O3/c17-14(18)13-7-11(1-4-15-13)10-2-5-16(6-3-10)12-8-19-9-12/h1-2,4,7,12H,3,5-6,8-9H2,(H,17,18). The molecule has 0 bridgehead atoms. The van der Waals surface area contributed by atoms with Crippen LogP contribution in [0.4, 0.5) is 0 Å². The number of carbonyl (C=O) groups is 1. The van der Waals surface area contributed by atoms with E-state index in [1.54, 1.807) is 12.3 Å². The molecule has 0 aliphatic carbocycles. The van der Waals surface area contributed by atoms with E-state index in [0.717, 1.165) is 38.3 Å². The fraction of sp³-hybridized carbons (Fsp3) is 0.429. The van der Waals surface area contributed by atoms with Gasteiger partial charge < -0.3 is 9.84 Å². The van der Waals surface area contributed by atoms with Gasteiger partial charge in [0.15, 0.2) is 0 Å². The second kappa shape index (κ2) is 5.11. The highest BCUT2D eigenvalue weighted by molar-refractivity contribution is 5.86. The Morgan fingerprint density at radius 1 is 1.47 bits per heavy atom. The summed E-state index contributed by atoms with van der Waals surface area (Å²) in [5.41, 5.74) is 2.28. The summed E-state index contributed by atoms with van der Waals surface area (Å²) in [6, 6.07) is 4.08. The van der Waals surface area contributed by atoms with Crippen molar-refractivity contribution in [3.05, 3.63) is 35.7 Å². The van der Waals surface area contributed by atoms with Gasteiger partial charge in [-0.1, -0.05) is 6.08 Å². The first-order valence-electron chi connectivity index (χ1n) is 6.44. The second-order valence-corrected chi connectivity index (χ2v) is 4.90. The second-order valence-electron chi connectivity index (χ2n) is 4.90. The fourth-order valence-electron chi connectivity index (χ4n) is 2.46. The average molecular weight is 260 g/mol. The Labute approximate surface area is 111 Å². The SMILES string of the molecule is O=C(O)c1cc(C2=CCN(C3COC3)CC2)ccn1. The van der Waals surface area contributed by atoms with E-state index in [-0.39, 0.29) is 5.69 Å². The number of nitrogens with zero attached hydrogens (tertiary/aromatic N) is 2. The maximum atomic E-state index is 10.9. The summed E-state index contributed by atoms with van der Waals surface area (Å²) < 4.78 is 5.21. The molecule has 3 rings (SSSR count). The molecular weight excluding hydrogens is 244 g/mol. The predicted octanol–water partition coefficient (Wildman–Crippen LogP) is 1.27. The Hall–Kier alpha value is -1.72. The molecule has 1 aromatic heterocycles. The summed E-state index contributed by atoms with van der Waals surface area (Å²) in [6.07, 6.45) is 4.69. The van der Waals surface area contributed by atoms with Gasteiger partial charge in [-0.3, -0.25) is 4.90 Å². The van der Waals surface area contributed by atoms with E-state index in [4.69, 9.17) is 9.84 Å². The monoisotopic (exact) mass is 260 g/mol. The van der Waals surface area contributed by atoms with E-state index in [0.29, 0.717) is 6.04 Å². The third kappa shape index (κ3) is 2.52. The van der Waals surface area contributed by atoms with Crippen molar-refractivity contribution in [3.63, 3.8) is 0 Å². The Balaban J connectivity index is 1.74. The van der Waals surface area contributed by atoms with Crippen molar-refractivity contribution in [2.24, 2.45) is 0 Å². The number of pyridine rings is 1. The highest BCUT2D eigenvalue weighted by Crippen LogP contribution is 2.24. The van der Waals surface area contributed by atoms with Gasteiger partial charge in [0.25, 0.3) is 0 Å². The predicted molar refractivity (Wildman–Crippen MR) is 70.0 cm³/mol. The van der Waals surface area contributed by atoms with Crippen LogP contribution in [-0.4, -0.2) is 53.3 Å². The van der Waals surface area contributed by atoms with Crippen LogP contribution in [0.3, 0.4) is 0 Å². The molecule has 0 atom stereocenters. The van der Waals surface area contributed by atoms with Gasteiger partial charge in [0, 0.05) is 19.3 Å². The van der Waals surface area contributed by atoms with Crippen LogP contribution in [0.25, 0.3) is 5.57 Å². The van der Waals surface area contributed by atoms with Crippen LogP contribution in [0.15, 0.2) is 24.4 Å². The minimum atomic E-state index is -0.980. The number of carboxylic acid groups (broad SMARTS) is 1. The molecule has 1 N–H and O–H groups in total. The normalized spacial score (nSPS) is 20.7. The van der Waals surface area contributed by atoms with Crippen LogP contribution in [0.5, 0.6) is 0 Å². The minimum absolute atomic E-state index is 0.105. The van der Waals surface area contributed by atoms with E-state index in [2.05, 4.69) is 16.0 Å². The van der Waals surface area contributed by atoms with Gasteiger partial charge in [-0.25, -0.2) is 9.78 Å². The molecule has 0 radical (unpaired) electrons. The lowest BCUT2D eigenvalue weighted by Crippen LogP contribution is -2.50. The molecular formula is C14H16N2O3. The van der Waals surface area contributed by atoms with E-state index < -0.39 is 5.97 Å². The summed E-state index contributed by atoms with van der Waals surface area (Å²) in [6.45, 7) is 3.59. The van der Waals surface area contributed by atoms with Gasteiger partial charge in [0.05, 0.1) is 19.3 Å². The lowest BCUT2D eigenvalue weighted by atomic mass is 9.98. The van der Waals surface area contributed by atoms with Crippen molar-refractivity contribution < 1.29 is 14.6 Å². The minimum Gasteiger partial charge on any atom is -0.477 e. The van der Waals surface area contributed by atoms with Crippen molar-refractivity contribution in [2.45, 2.75) is 12.5 Å². The van der Waals surface area contributed by atoms with Crippen LogP contribution in [-0.2, 0) is 4.74 Å². The van der Waals surface area contributed by atoms with Crippen LogP contribution in [0.1, 0.15) is 22.5 Å². The summed E-state index contributed by atoms with van der Waals surface area (Å²) >= 11 is 0. The zero-order chi connectivity index (χ0) is 13.2. The first-order chi connectivity index (χ1) is 9.24. The van der Waals surface area contributed by atoms with Crippen LogP contribution in [0.2, 0.25) is 0 Å². The van der Waals surface area contributed by atoms with Gasteiger partial charge in [-0.2, -0.15) is 0 Å². The summed E-state index contributed by atoms with van der Waals surface area (Å²) in [5.74, 6) is -0.980. The lowest BCUT2D eigenvalue weighted by molar-refractivity contribution is -0.0612. The van der Waals surface area contributed by atoms with Crippen LogP contribution < -0.4 is 0 Å². The number of aromatic nitrogens is 1. The molecule has 0 amide bonds. The number of aromatic carboxylic acids is 1. The zero-order valence-corrected chi connectivity index (χ0v) is 10.6. The number of hydrogen-bond acceptors (Lipinski definition) is 4. The molecule has 3 heterocycles. The smallest absolute Gasteiger partial charge is 0.354 e. The maximum absolute atomic E-state index is 10.9. The van der Waals surface area contributed by atoms with Gasteiger partial charge in [0.2, 0.25) is 0 Å². The first kappa shape index (κ1) is 12.3. The van der Waals surface area contributed by atoms with E-state index in [9.17, 15) is 4.79 Å². The van der Waals surface area contributed by atoms with Crippen molar-refractivity contribution in [2.75, 3.05) is 26.3 Å². The summed E-state index contributed by atoms with van der Waals surface area (Å²) in [4.78, 5) is 17.2. The third-order valence-corrected chi connectivity index (χ3v) is 3.73. The highest BCUT2D eigenvalue weighted by atomic mass is 16.5. The number of ether oxygens (including phenoxy) is 1. The van der Waals surface area contributed by atoms with Crippen molar-refractivity contribution in [3.8, 4) is 0 Å². The first-order valence-corrected chi connectivity index (χ1v) is 6.44. The average Bonchev–Trinajstić information content (AvgIpc) is 2.38. The third-order valence-electron chi connectivity index (χ3n) is 3.73. The molecule has 1 saturated heterocycles.